The van der Waals surface area contributed by atoms with Crippen LogP contribution in [0, 0.1) is 0 Å². The van der Waals surface area contributed by atoms with Gasteiger partial charge in [0.1, 0.15) is 5.75 Å². The van der Waals surface area contributed by atoms with Gasteiger partial charge < -0.3 is 14.7 Å². The molecule has 1 fully saturated rings. The van der Waals surface area contributed by atoms with Gasteiger partial charge in [-0.2, -0.15) is 0 Å². The molecule has 1 aromatic carbocycles. The summed E-state index contributed by atoms with van der Waals surface area (Å²) in [5.74, 6) is 0.576. The van der Waals surface area contributed by atoms with Gasteiger partial charge in [-0.1, -0.05) is 30.3 Å². The number of ether oxygens (including phenoxy) is 1. The van der Waals surface area contributed by atoms with Crippen molar-refractivity contribution in [2.75, 3.05) is 39.3 Å². The van der Waals surface area contributed by atoms with Gasteiger partial charge >= 0.3 is 0 Å². The minimum absolute atomic E-state index is 0.0212. The first-order valence-corrected chi connectivity index (χ1v) is 8.48. The zero-order valence-corrected chi connectivity index (χ0v) is 14.1. The molecule has 0 bridgehead atoms. The molecule has 6 nitrogen and oxygen atoms in total. The summed E-state index contributed by atoms with van der Waals surface area (Å²) in [6.07, 6.45) is 2.76. The van der Waals surface area contributed by atoms with Crippen molar-refractivity contribution in [3.8, 4) is 5.75 Å². The predicted octanol–water partition coefficient (Wildman–Crippen LogP) is 1.34. The molecule has 3 rings (SSSR count). The van der Waals surface area contributed by atoms with Crippen LogP contribution in [0.5, 0.6) is 5.75 Å². The summed E-state index contributed by atoms with van der Waals surface area (Å²) in [5, 5.41) is 10.3. The molecule has 1 atom stereocenters. The topological polar surface area (TPSA) is 65.9 Å². The number of β-amino-alcohol motifs (C(OH)–C–C–N with tert-alkyl or cyclic N) is 1. The lowest BCUT2D eigenvalue weighted by Crippen LogP contribution is -2.50. The van der Waals surface area contributed by atoms with Gasteiger partial charge in [-0.3, -0.25) is 14.7 Å². The van der Waals surface area contributed by atoms with Crippen LogP contribution in [0.25, 0.3) is 0 Å². The number of rotatable bonds is 6. The Balaban J connectivity index is 1.41. The van der Waals surface area contributed by atoms with Gasteiger partial charge in [-0.05, 0) is 17.7 Å². The van der Waals surface area contributed by atoms with Crippen LogP contribution < -0.4 is 4.74 Å². The molecule has 2 aromatic rings. The van der Waals surface area contributed by atoms with Crippen molar-refractivity contribution in [2.24, 2.45) is 0 Å². The van der Waals surface area contributed by atoms with E-state index in [1.165, 1.54) is 0 Å². The van der Waals surface area contributed by atoms with Crippen molar-refractivity contribution >= 4 is 5.91 Å². The summed E-state index contributed by atoms with van der Waals surface area (Å²) >= 11 is 0. The van der Waals surface area contributed by atoms with E-state index in [0.29, 0.717) is 25.4 Å². The van der Waals surface area contributed by atoms with E-state index in [2.05, 4.69) is 9.88 Å². The third kappa shape index (κ3) is 5.01. The van der Waals surface area contributed by atoms with Crippen LogP contribution in [0.1, 0.15) is 11.7 Å². The standard InChI is InChI=1S/C19H23N3O3/c23-18(16-5-2-1-3-6-16)14-21-9-11-22(12-10-21)19(24)15-25-17-7-4-8-20-13-17/h1-8,13,18,23H,9-12,14-15H2. The Morgan fingerprint density at radius 2 is 1.88 bits per heavy atom. The number of carbonyl (C=O) groups is 1. The van der Waals surface area contributed by atoms with Crippen LogP contribution >= 0.6 is 0 Å². The van der Waals surface area contributed by atoms with Crippen molar-refractivity contribution in [3.05, 3.63) is 60.4 Å². The number of aromatic nitrogens is 1. The average molecular weight is 341 g/mol. The lowest BCUT2D eigenvalue weighted by atomic mass is 10.1. The smallest absolute Gasteiger partial charge is 0.260 e. The minimum atomic E-state index is -0.502. The molecule has 1 unspecified atom stereocenters. The Labute approximate surface area is 147 Å². The third-order valence-electron chi connectivity index (χ3n) is 4.34. The van der Waals surface area contributed by atoms with E-state index in [-0.39, 0.29) is 12.5 Å². The maximum Gasteiger partial charge on any atom is 0.260 e. The van der Waals surface area contributed by atoms with Crippen LogP contribution in [0.4, 0.5) is 0 Å². The molecule has 2 heterocycles. The first-order chi connectivity index (χ1) is 12.2. The fourth-order valence-corrected chi connectivity index (χ4v) is 2.87. The SMILES string of the molecule is O=C(COc1cccnc1)N1CCN(CC(O)c2ccccc2)CC1. The normalized spacial score (nSPS) is 16.4. The molecule has 1 aliphatic heterocycles. The number of aliphatic hydroxyl groups is 1. The second-order valence-corrected chi connectivity index (χ2v) is 6.09. The number of piperazine rings is 1. The summed E-state index contributed by atoms with van der Waals surface area (Å²) < 4.78 is 5.46. The van der Waals surface area contributed by atoms with Crippen LogP contribution in [0.3, 0.4) is 0 Å². The van der Waals surface area contributed by atoms with E-state index in [9.17, 15) is 9.90 Å². The molecule has 0 radical (unpaired) electrons. The molecule has 0 saturated carbocycles. The molecular weight excluding hydrogens is 318 g/mol. The van der Waals surface area contributed by atoms with E-state index in [4.69, 9.17) is 4.74 Å². The van der Waals surface area contributed by atoms with Gasteiger partial charge in [0, 0.05) is 38.9 Å². The third-order valence-corrected chi connectivity index (χ3v) is 4.34. The fraction of sp³-hybridized carbons (Fsp3) is 0.368. The molecule has 25 heavy (non-hydrogen) atoms. The molecular formula is C19H23N3O3. The Morgan fingerprint density at radius 1 is 1.12 bits per heavy atom. The molecule has 1 amide bonds. The van der Waals surface area contributed by atoms with Crippen molar-refractivity contribution in [2.45, 2.75) is 6.10 Å². The van der Waals surface area contributed by atoms with Crippen LogP contribution in [0.2, 0.25) is 0 Å². The molecule has 132 valence electrons. The first-order valence-electron chi connectivity index (χ1n) is 8.48. The molecule has 6 heteroatoms. The largest absolute Gasteiger partial charge is 0.482 e. The fourth-order valence-electron chi connectivity index (χ4n) is 2.87. The Kier molecular flexibility index (Phi) is 5.98. The maximum absolute atomic E-state index is 12.2. The Morgan fingerprint density at radius 3 is 2.56 bits per heavy atom. The van der Waals surface area contributed by atoms with Crippen LogP contribution in [0.15, 0.2) is 54.9 Å². The molecule has 1 aliphatic rings. The highest BCUT2D eigenvalue weighted by Crippen LogP contribution is 2.15. The lowest BCUT2D eigenvalue weighted by molar-refractivity contribution is -0.135. The van der Waals surface area contributed by atoms with Gasteiger partial charge in [-0.25, -0.2) is 0 Å². The Hall–Kier alpha value is -2.44. The number of hydrogen-bond acceptors (Lipinski definition) is 5. The molecule has 0 spiro atoms. The van der Waals surface area contributed by atoms with Crippen LogP contribution in [-0.4, -0.2) is 65.1 Å². The second-order valence-electron chi connectivity index (χ2n) is 6.09. The maximum atomic E-state index is 12.2. The highest BCUT2D eigenvalue weighted by atomic mass is 16.5. The summed E-state index contributed by atoms with van der Waals surface area (Å²) in [7, 11) is 0. The van der Waals surface area contributed by atoms with E-state index < -0.39 is 6.10 Å². The number of amides is 1. The predicted molar refractivity (Wildman–Crippen MR) is 94.2 cm³/mol. The summed E-state index contributed by atoms with van der Waals surface area (Å²) in [5.41, 5.74) is 0.922. The highest BCUT2D eigenvalue weighted by Gasteiger charge is 2.23. The van der Waals surface area contributed by atoms with Gasteiger partial charge in [0.05, 0.1) is 12.3 Å². The molecule has 0 aliphatic carbocycles. The van der Waals surface area contributed by atoms with E-state index >= 15 is 0 Å². The molecule has 1 aromatic heterocycles. The number of hydrogen-bond donors (Lipinski definition) is 1. The lowest BCUT2D eigenvalue weighted by Gasteiger charge is -2.35. The van der Waals surface area contributed by atoms with Crippen molar-refractivity contribution in [3.63, 3.8) is 0 Å². The molecule has 1 saturated heterocycles. The quantitative estimate of drug-likeness (QED) is 0.859. The van der Waals surface area contributed by atoms with E-state index in [1.54, 1.807) is 24.5 Å². The van der Waals surface area contributed by atoms with Crippen molar-refractivity contribution < 1.29 is 14.6 Å². The van der Waals surface area contributed by atoms with Gasteiger partial charge in [-0.15, -0.1) is 0 Å². The average Bonchev–Trinajstić information content (AvgIpc) is 2.68. The first kappa shape index (κ1) is 17.4. The summed E-state index contributed by atoms with van der Waals surface area (Å²) in [6, 6.07) is 13.2. The second kappa shape index (κ2) is 8.60. The number of carbonyl (C=O) groups excluding carboxylic acids is 1. The van der Waals surface area contributed by atoms with Gasteiger partial charge in [0.25, 0.3) is 5.91 Å². The summed E-state index contributed by atoms with van der Waals surface area (Å²) in [6.45, 7) is 3.41. The molecule has 1 N–H and O–H groups in total. The number of nitrogens with zero attached hydrogens (tertiary/aromatic N) is 3. The summed E-state index contributed by atoms with van der Waals surface area (Å²) in [4.78, 5) is 20.2. The van der Waals surface area contributed by atoms with Gasteiger partial charge in [0.15, 0.2) is 6.61 Å². The number of pyridine rings is 1. The highest BCUT2D eigenvalue weighted by molar-refractivity contribution is 5.77. The van der Waals surface area contributed by atoms with E-state index in [0.717, 1.165) is 18.7 Å². The zero-order valence-electron chi connectivity index (χ0n) is 14.1. The Bertz CT molecular complexity index is 658. The number of benzene rings is 1. The van der Waals surface area contributed by atoms with Crippen molar-refractivity contribution in [1.82, 2.24) is 14.8 Å². The van der Waals surface area contributed by atoms with Crippen LogP contribution in [-0.2, 0) is 4.79 Å². The minimum Gasteiger partial charge on any atom is -0.482 e. The van der Waals surface area contributed by atoms with E-state index in [1.807, 2.05) is 35.2 Å². The zero-order chi connectivity index (χ0) is 17.5. The van der Waals surface area contributed by atoms with Crippen molar-refractivity contribution in [1.29, 1.82) is 0 Å². The monoisotopic (exact) mass is 341 g/mol. The van der Waals surface area contributed by atoms with Gasteiger partial charge in [0.2, 0.25) is 0 Å². The number of aliphatic hydroxyl groups excluding tert-OH is 1.